The van der Waals surface area contributed by atoms with Crippen LogP contribution < -0.4 is 5.32 Å². The van der Waals surface area contributed by atoms with Crippen LogP contribution in [0.3, 0.4) is 0 Å². The van der Waals surface area contributed by atoms with Gasteiger partial charge in [0.05, 0.1) is 6.04 Å². The van der Waals surface area contributed by atoms with Crippen molar-refractivity contribution in [3.8, 4) is 0 Å². The summed E-state index contributed by atoms with van der Waals surface area (Å²) in [6.45, 7) is 5.22. The second kappa shape index (κ2) is 6.27. The van der Waals surface area contributed by atoms with E-state index in [0.29, 0.717) is 38.6 Å². The van der Waals surface area contributed by atoms with Crippen molar-refractivity contribution < 1.29 is 8.42 Å². The second-order valence-corrected chi connectivity index (χ2v) is 8.20. The molecule has 1 aromatic rings. The van der Waals surface area contributed by atoms with Gasteiger partial charge in [0.25, 0.3) is 10.2 Å². The molecule has 3 rings (SSSR count). The Morgan fingerprint density at radius 2 is 2.00 bits per heavy atom. The van der Waals surface area contributed by atoms with E-state index in [2.05, 4.69) is 17.2 Å². The third kappa shape index (κ3) is 2.92. The molecule has 0 aromatic carbocycles. The number of rotatable bonds is 3. The molecule has 8 heteroatoms. The average molecular weight is 327 g/mol. The third-order valence-electron chi connectivity index (χ3n) is 4.72. The van der Waals surface area contributed by atoms with Crippen LogP contribution in [-0.2, 0) is 17.3 Å². The van der Waals surface area contributed by atoms with Crippen LogP contribution in [0.4, 0.5) is 0 Å². The molecule has 0 radical (unpaired) electrons. The first kappa shape index (κ1) is 15.9. The highest BCUT2D eigenvalue weighted by atomic mass is 32.2. The van der Waals surface area contributed by atoms with E-state index in [0.717, 1.165) is 18.7 Å². The van der Waals surface area contributed by atoms with Gasteiger partial charge in [-0.05, 0) is 18.8 Å². The maximum absolute atomic E-state index is 13.1. The van der Waals surface area contributed by atoms with Gasteiger partial charge in [-0.1, -0.05) is 6.92 Å². The molecule has 1 unspecified atom stereocenters. The number of piperidine rings is 1. The highest BCUT2D eigenvalue weighted by molar-refractivity contribution is 7.86. The minimum Gasteiger partial charge on any atom is -0.337 e. The molecule has 0 saturated carbocycles. The normalized spacial score (nSPS) is 26.4. The molecule has 2 aliphatic heterocycles. The second-order valence-electron chi connectivity index (χ2n) is 6.32. The predicted octanol–water partition coefficient (Wildman–Crippen LogP) is 0.343. The van der Waals surface area contributed by atoms with Crippen LogP contribution in [0.2, 0.25) is 0 Å². The maximum Gasteiger partial charge on any atom is 0.282 e. The number of piperazine rings is 1. The molecule has 0 aliphatic carbocycles. The zero-order chi connectivity index (χ0) is 15.7. The molecule has 0 bridgehead atoms. The molecular weight excluding hydrogens is 302 g/mol. The lowest BCUT2D eigenvalue weighted by molar-refractivity contribution is 0.217. The number of hydrogen-bond acceptors (Lipinski definition) is 4. The molecule has 0 amide bonds. The molecule has 0 spiro atoms. The van der Waals surface area contributed by atoms with Crippen LogP contribution in [-0.4, -0.2) is 59.3 Å². The molecule has 2 fully saturated rings. The van der Waals surface area contributed by atoms with Crippen molar-refractivity contribution in [2.24, 2.45) is 13.0 Å². The fraction of sp³-hybridized carbons (Fsp3) is 0.786. The van der Waals surface area contributed by atoms with Gasteiger partial charge in [0.15, 0.2) is 0 Å². The van der Waals surface area contributed by atoms with Crippen molar-refractivity contribution in [2.45, 2.75) is 25.8 Å². The minimum atomic E-state index is -3.43. The van der Waals surface area contributed by atoms with E-state index in [1.165, 1.54) is 0 Å². The zero-order valence-corrected chi connectivity index (χ0v) is 14.1. The summed E-state index contributed by atoms with van der Waals surface area (Å²) in [4.78, 5) is 4.36. The summed E-state index contributed by atoms with van der Waals surface area (Å²) in [6, 6.07) is -0.238. The summed E-state index contributed by atoms with van der Waals surface area (Å²) < 4.78 is 31.3. The summed E-state index contributed by atoms with van der Waals surface area (Å²) in [7, 11) is -1.52. The smallest absolute Gasteiger partial charge is 0.282 e. The van der Waals surface area contributed by atoms with Gasteiger partial charge in [0.2, 0.25) is 0 Å². The minimum absolute atomic E-state index is 0.238. The summed E-state index contributed by atoms with van der Waals surface area (Å²) in [5, 5.41) is 3.28. The van der Waals surface area contributed by atoms with E-state index in [1.807, 2.05) is 17.8 Å². The molecule has 22 heavy (non-hydrogen) atoms. The molecule has 1 aromatic heterocycles. The van der Waals surface area contributed by atoms with E-state index in [4.69, 9.17) is 0 Å². The number of aromatic nitrogens is 2. The first-order chi connectivity index (χ1) is 10.5. The van der Waals surface area contributed by atoms with Crippen LogP contribution in [0, 0.1) is 5.92 Å². The fourth-order valence-electron chi connectivity index (χ4n) is 3.24. The number of imidazole rings is 1. The van der Waals surface area contributed by atoms with Gasteiger partial charge < -0.3 is 9.88 Å². The number of aryl methyl sites for hydroxylation is 1. The Labute approximate surface area is 132 Å². The highest BCUT2D eigenvalue weighted by Crippen LogP contribution is 2.28. The van der Waals surface area contributed by atoms with Crippen molar-refractivity contribution in [1.82, 2.24) is 23.5 Å². The molecule has 124 valence electrons. The van der Waals surface area contributed by atoms with Gasteiger partial charge in [0.1, 0.15) is 5.82 Å². The van der Waals surface area contributed by atoms with Crippen LogP contribution in [0.25, 0.3) is 0 Å². The summed E-state index contributed by atoms with van der Waals surface area (Å²) in [5.41, 5.74) is 0. The van der Waals surface area contributed by atoms with Crippen molar-refractivity contribution in [1.29, 1.82) is 0 Å². The van der Waals surface area contributed by atoms with Crippen LogP contribution >= 0.6 is 0 Å². The fourth-order valence-corrected chi connectivity index (χ4v) is 5.03. The first-order valence-electron chi connectivity index (χ1n) is 7.95. The van der Waals surface area contributed by atoms with E-state index >= 15 is 0 Å². The number of nitrogens with one attached hydrogen (secondary N) is 1. The molecular formula is C14H25N5O2S. The van der Waals surface area contributed by atoms with Gasteiger partial charge in [-0.2, -0.15) is 17.0 Å². The Balaban J connectivity index is 1.85. The van der Waals surface area contributed by atoms with Gasteiger partial charge in [-0.25, -0.2) is 4.98 Å². The standard InChI is InChI=1S/C14H25N5O2S/c1-12-3-7-18(8-4-12)22(20,21)19-10-5-15-11-13(19)14-16-6-9-17(14)2/h6,9,12-13,15H,3-5,7-8,10-11H2,1-2H3. The predicted molar refractivity (Wildman–Crippen MR) is 84.4 cm³/mol. The Kier molecular flexibility index (Phi) is 4.54. The van der Waals surface area contributed by atoms with Crippen LogP contribution in [0.5, 0.6) is 0 Å². The molecule has 3 heterocycles. The molecule has 1 N–H and O–H groups in total. The van der Waals surface area contributed by atoms with E-state index < -0.39 is 10.2 Å². The highest BCUT2D eigenvalue weighted by Gasteiger charge is 2.39. The van der Waals surface area contributed by atoms with Crippen molar-refractivity contribution in [3.05, 3.63) is 18.2 Å². The maximum atomic E-state index is 13.1. The Morgan fingerprint density at radius 3 is 2.64 bits per heavy atom. The lowest BCUT2D eigenvalue weighted by atomic mass is 10.0. The molecule has 1 atom stereocenters. The first-order valence-corrected chi connectivity index (χ1v) is 9.34. The summed E-state index contributed by atoms with van der Waals surface area (Å²) >= 11 is 0. The SMILES string of the molecule is CC1CCN(S(=O)(=O)N2CCNCC2c2nccn2C)CC1. The zero-order valence-electron chi connectivity index (χ0n) is 13.3. The molecule has 2 saturated heterocycles. The average Bonchev–Trinajstić information content (AvgIpc) is 2.94. The lowest BCUT2D eigenvalue weighted by Crippen LogP contribution is -2.55. The van der Waals surface area contributed by atoms with Crippen molar-refractivity contribution >= 4 is 10.2 Å². The quantitative estimate of drug-likeness (QED) is 0.869. The van der Waals surface area contributed by atoms with E-state index in [9.17, 15) is 8.42 Å². The van der Waals surface area contributed by atoms with Crippen LogP contribution in [0.1, 0.15) is 31.6 Å². The van der Waals surface area contributed by atoms with Gasteiger partial charge in [0, 0.05) is 52.2 Å². The summed E-state index contributed by atoms with van der Waals surface area (Å²) in [6.07, 6.45) is 5.46. The monoisotopic (exact) mass is 327 g/mol. The molecule has 2 aliphatic rings. The third-order valence-corrected chi connectivity index (χ3v) is 6.76. The largest absolute Gasteiger partial charge is 0.337 e. The Morgan fingerprint density at radius 1 is 1.27 bits per heavy atom. The number of nitrogens with zero attached hydrogens (tertiary/aromatic N) is 4. The lowest BCUT2D eigenvalue weighted by Gasteiger charge is -2.39. The summed E-state index contributed by atoms with van der Waals surface area (Å²) in [5.74, 6) is 1.40. The van der Waals surface area contributed by atoms with E-state index in [1.54, 1.807) is 14.8 Å². The van der Waals surface area contributed by atoms with Crippen molar-refractivity contribution in [2.75, 3.05) is 32.7 Å². The van der Waals surface area contributed by atoms with Gasteiger partial charge >= 0.3 is 0 Å². The van der Waals surface area contributed by atoms with Gasteiger partial charge in [-0.3, -0.25) is 0 Å². The van der Waals surface area contributed by atoms with Crippen molar-refractivity contribution in [3.63, 3.8) is 0 Å². The molecule has 7 nitrogen and oxygen atoms in total. The Bertz CT molecular complexity index is 607. The van der Waals surface area contributed by atoms with E-state index in [-0.39, 0.29) is 6.04 Å². The topological polar surface area (TPSA) is 70.5 Å². The number of hydrogen-bond donors (Lipinski definition) is 1. The van der Waals surface area contributed by atoms with Crippen LogP contribution in [0.15, 0.2) is 12.4 Å². The Hall–Kier alpha value is -0.960. The van der Waals surface area contributed by atoms with Gasteiger partial charge in [-0.15, -0.1) is 0 Å².